The van der Waals surface area contributed by atoms with Gasteiger partial charge in [0.2, 0.25) is 11.8 Å². The Bertz CT molecular complexity index is 2050. The first-order valence-electron chi connectivity index (χ1n) is 17.0. The van der Waals surface area contributed by atoms with E-state index in [1.807, 2.05) is 74.5 Å². The molecule has 0 aliphatic heterocycles. The zero-order chi connectivity index (χ0) is 37.1. The number of unbranched alkanes of at least 4 members (excludes halogenated alkanes) is 1. The van der Waals surface area contributed by atoms with E-state index in [1.54, 1.807) is 54.6 Å². The molecule has 0 radical (unpaired) electrons. The minimum Gasteiger partial charge on any atom is -0.457 e. The topological polar surface area (TPSA) is 96.0 Å². The number of sulfonamides is 1. The molecule has 1 atom stereocenters. The quantitative estimate of drug-likeness (QED) is 0.102. The summed E-state index contributed by atoms with van der Waals surface area (Å²) < 4.78 is 35.8. The van der Waals surface area contributed by atoms with Crippen LogP contribution >= 0.6 is 23.2 Å². The standard InChI is InChI=1S/C41H41Cl2N3O5S/c1-3-4-25-44-41(48)39(26-31-11-7-5-8-12-31)45(28-32-17-18-33(42)27-38(32)43)40(47)29-46(52(49,50)37-23-15-30(2)16-24-37)34-19-21-36(22-20-34)51-35-13-9-6-10-14-35/h5-24,27,39H,3-4,25-26,28-29H2,1-2H3,(H,44,48)/t39-/m0/s1. The van der Waals surface area contributed by atoms with Gasteiger partial charge in [-0.3, -0.25) is 13.9 Å². The van der Waals surface area contributed by atoms with Gasteiger partial charge in [-0.1, -0.05) is 109 Å². The van der Waals surface area contributed by atoms with E-state index in [1.165, 1.54) is 17.0 Å². The first-order valence-corrected chi connectivity index (χ1v) is 19.2. The third-order valence-corrected chi connectivity index (χ3v) is 10.8. The van der Waals surface area contributed by atoms with E-state index >= 15 is 0 Å². The van der Waals surface area contributed by atoms with Gasteiger partial charge < -0.3 is 15.0 Å². The molecule has 0 bridgehead atoms. The summed E-state index contributed by atoms with van der Waals surface area (Å²) in [6, 6.07) is 35.4. The van der Waals surface area contributed by atoms with Crippen molar-refractivity contribution in [3.05, 3.63) is 154 Å². The molecule has 270 valence electrons. The van der Waals surface area contributed by atoms with Crippen LogP contribution in [0.5, 0.6) is 11.5 Å². The number of aryl methyl sites for hydroxylation is 1. The van der Waals surface area contributed by atoms with E-state index in [9.17, 15) is 18.0 Å². The van der Waals surface area contributed by atoms with Crippen LogP contribution in [-0.4, -0.2) is 44.3 Å². The van der Waals surface area contributed by atoms with Gasteiger partial charge in [0.1, 0.15) is 24.1 Å². The molecule has 11 heteroatoms. The van der Waals surface area contributed by atoms with E-state index in [-0.39, 0.29) is 29.5 Å². The average molecular weight is 759 g/mol. The molecule has 0 heterocycles. The van der Waals surface area contributed by atoms with Crippen LogP contribution in [0.25, 0.3) is 0 Å². The Balaban J connectivity index is 1.56. The molecule has 0 unspecified atom stereocenters. The van der Waals surface area contributed by atoms with Crippen LogP contribution in [0, 0.1) is 6.92 Å². The second kappa shape index (κ2) is 18.1. The van der Waals surface area contributed by atoms with Gasteiger partial charge in [-0.05, 0) is 85.1 Å². The maximum Gasteiger partial charge on any atom is 0.264 e. The Hall–Kier alpha value is -4.83. The van der Waals surface area contributed by atoms with Crippen molar-refractivity contribution in [3.63, 3.8) is 0 Å². The summed E-state index contributed by atoms with van der Waals surface area (Å²) in [5.41, 5.74) is 2.50. The molecule has 0 saturated carbocycles. The van der Waals surface area contributed by atoms with E-state index in [4.69, 9.17) is 27.9 Å². The minimum absolute atomic E-state index is 0.0148. The van der Waals surface area contributed by atoms with Crippen molar-refractivity contribution in [2.45, 2.75) is 50.6 Å². The van der Waals surface area contributed by atoms with Gasteiger partial charge in [0.25, 0.3) is 10.0 Å². The number of amides is 2. The summed E-state index contributed by atoms with van der Waals surface area (Å²) >= 11 is 12.8. The molecule has 1 N–H and O–H groups in total. The molecule has 0 spiro atoms. The number of rotatable bonds is 16. The van der Waals surface area contributed by atoms with Crippen LogP contribution in [0.3, 0.4) is 0 Å². The zero-order valence-electron chi connectivity index (χ0n) is 29.0. The number of halogens is 2. The molecule has 0 saturated heterocycles. The lowest BCUT2D eigenvalue weighted by atomic mass is 10.0. The molecule has 52 heavy (non-hydrogen) atoms. The van der Waals surface area contributed by atoms with E-state index in [0.29, 0.717) is 33.7 Å². The van der Waals surface area contributed by atoms with Crippen molar-refractivity contribution in [2.75, 3.05) is 17.4 Å². The fraction of sp³-hybridized carbons (Fsp3) is 0.220. The van der Waals surface area contributed by atoms with Crippen molar-refractivity contribution in [3.8, 4) is 11.5 Å². The molecular formula is C41H41Cl2N3O5S. The second-order valence-corrected chi connectivity index (χ2v) is 15.0. The summed E-state index contributed by atoms with van der Waals surface area (Å²) in [4.78, 5) is 30.2. The number of carbonyl (C=O) groups is 2. The summed E-state index contributed by atoms with van der Waals surface area (Å²) in [6.07, 6.45) is 1.81. The average Bonchev–Trinajstić information content (AvgIpc) is 3.14. The van der Waals surface area contributed by atoms with Crippen LogP contribution in [0.1, 0.15) is 36.5 Å². The Morgan fingerprint density at radius 3 is 2.08 bits per heavy atom. The predicted molar refractivity (Wildman–Crippen MR) is 208 cm³/mol. The smallest absolute Gasteiger partial charge is 0.264 e. The molecule has 5 aromatic carbocycles. The fourth-order valence-corrected chi connectivity index (χ4v) is 7.45. The monoisotopic (exact) mass is 757 g/mol. The molecule has 0 fully saturated rings. The highest BCUT2D eigenvalue weighted by Crippen LogP contribution is 2.30. The molecule has 5 aromatic rings. The molecule has 0 aromatic heterocycles. The molecular weight excluding hydrogens is 717 g/mol. The Labute approximate surface area is 316 Å². The van der Waals surface area contributed by atoms with Crippen LogP contribution in [0.4, 0.5) is 5.69 Å². The van der Waals surface area contributed by atoms with Gasteiger partial charge in [-0.15, -0.1) is 0 Å². The molecule has 0 aliphatic rings. The highest BCUT2D eigenvalue weighted by atomic mass is 35.5. The highest BCUT2D eigenvalue weighted by Gasteiger charge is 2.35. The Kier molecular flexibility index (Phi) is 13.4. The normalized spacial score (nSPS) is 11.8. The molecule has 5 rings (SSSR count). The molecule has 0 aliphatic carbocycles. The number of nitrogens with one attached hydrogen (secondary N) is 1. The predicted octanol–water partition coefficient (Wildman–Crippen LogP) is 8.85. The number of hydrogen-bond donors (Lipinski definition) is 1. The minimum atomic E-state index is -4.28. The van der Waals surface area contributed by atoms with Crippen molar-refractivity contribution in [1.82, 2.24) is 10.2 Å². The van der Waals surface area contributed by atoms with Gasteiger partial charge in [-0.25, -0.2) is 8.42 Å². The highest BCUT2D eigenvalue weighted by molar-refractivity contribution is 7.92. The number of ether oxygens (including phenoxy) is 1. The molecule has 2 amide bonds. The van der Waals surface area contributed by atoms with Crippen LogP contribution in [0.15, 0.2) is 132 Å². The van der Waals surface area contributed by atoms with Gasteiger partial charge in [0.05, 0.1) is 10.6 Å². The number of anilines is 1. The van der Waals surface area contributed by atoms with E-state index < -0.39 is 28.5 Å². The van der Waals surface area contributed by atoms with Gasteiger partial charge >= 0.3 is 0 Å². The van der Waals surface area contributed by atoms with E-state index in [2.05, 4.69) is 5.32 Å². The van der Waals surface area contributed by atoms with Crippen molar-refractivity contribution < 1.29 is 22.7 Å². The number of carbonyl (C=O) groups excluding carboxylic acids is 2. The van der Waals surface area contributed by atoms with Crippen molar-refractivity contribution in [2.24, 2.45) is 0 Å². The Morgan fingerprint density at radius 2 is 1.44 bits per heavy atom. The summed E-state index contributed by atoms with van der Waals surface area (Å²) in [6.45, 7) is 3.63. The second-order valence-electron chi connectivity index (χ2n) is 12.3. The van der Waals surface area contributed by atoms with Crippen molar-refractivity contribution >= 4 is 50.7 Å². The maximum absolute atomic E-state index is 14.8. The summed E-state index contributed by atoms with van der Waals surface area (Å²) in [7, 11) is -4.28. The van der Waals surface area contributed by atoms with Crippen LogP contribution < -0.4 is 14.4 Å². The van der Waals surface area contributed by atoms with Gasteiger partial charge in [0, 0.05) is 29.6 Å². The van der Waals surface area contributed by atoms with Crippen LogP contribution in [0.2, 0.25) is 10.0 Å². The van der Waals surface area contributed by atoms with Crippen molar-refractivity contribution in [1.29, 1.82) is 0 Å². The summed E-state index contributed by atoms with van der Waals surface area (Å²) in [5, 5.41) is 3.72. The SMILES string of the molecule is CCCCNC(=O)[C@H](Cc1ccccc1)N(Cc1ccc(Cl)cc1Cl)C(=O)CN(c1ccc(Oc2ccccc2)cc1)S(=O)(=O)c1ccc(C)cc1. The largest absolute Gasteiger partial charge is 0.457 e. The van der Waals surface area contributed by atoms with Gasteiger partial charge in [0.15, 0.2) is 0 Å². The zero-order valence-corrected chi connectivity index (χ0v) is 31.4. The lowest BCUT2D eigenvalue weighted by Crippen LogP contribution is -2.53. The van der Waals surface area contributed by atoms with E-state index in [0.717, 1.165) is 28.3 Å². The van der Waals surface area contributed by atoms with Crippen LogP contribution in [-0.2, 0) is 32.6 Å². The fourth-order valence-electron chi connectivity index (χ4n) is 5.56. The maximum atomic E-state index is 14.8. The summed E-state index contributed by atoms with van der Waals surface area (Å²) in [5.74, 6) is 0.149. The number of para-hydroxylation sites is 1. The number of hydrogen-bond acceptors (Lipinski definition) is 5. The lowest BCUT2D eigenvalue weighted by Gasteiger charge is -2.34. The number of nitrogens with zero attached hydrogens (tertiary/aromatic N) is 2. The third-order valence-electron chi connectivity index (χ3n) is 8.45. The van der Waals surface area contributed by atoms with Gasteiger partial charge in [-0.2, -0.15) is 0 Å². The number of benzene rings is 5. The third kappa shape index (κ3) is 10.2. The lowest BCUT2D eigenvalue weighted by molar-refractivity contribution is -0.140. The first-order chi connectivity index (χ1) is 25.0. The molecule has 8 nitrogen and oxygen atoms in total. The first kappa shape index (κ1) is 38.4. The Morgan fingerprint density at radius 1 is 0.808 bits per heavy atom.